The van der Waals surface area contributed by atoms with E-state index in [9.17, 15) is 0 Å². The zero-order valence-electron chi connectivity index (χ0n) is 10.1. The van der Waals surface area contributed by atoms with E-state index in [2.05, 4.69) is 0 Å². The predicted octanol–water partition coefficient (Wildman–Crippen LogP) is 4.73. The lowest BCUT2D eigenvalue weighted by molar-refractivity contribution is 0.481. The van der Waals surface area contributed by atoms with E-state index in [4.69, 9.17) is 45.9 Å². The number of hydrogen-bond acceptors (Lipinski definition) is 2. The summed E-state index contributed by atoms with van der Waals surface area (Å²) in [6.45, 7) is 1.95. The summed E-state index contributed by atoms with van der Waals surface area (Å²) in [7, 11) is 0. The highest BCUT2D eigenvalue weighted by molar-refractivity contribution is 7.80. The summed E-state index contributed by atoms with van der Waals surface area (Å²) >= 11 is 17.2. The molecule has 0 amide bonds. The molecule has 0 spiro atoms. The van der Waals surface area contributed by atoms with Crippen molar-refractivity contribution in [1.82, 2.24) is 0 Å². The Morgan fingerprint density at radius 3 is 2.53 bits per heavy atom. The van der Waals surface area contributed by atoms with Crippen molar-refractivity contribution in [3.8, 4) is 11.5 Å². The van der Waals surface area contributed by atoms with Crippen molar-refractivity contribution in [1.29, 1.82) is 0 Å². The third-order valence-corrected chi connectivity index (χ3v) is 3.36. The monoisotopic (exact) mass is 311 g/mol. The minimum Gasteiger partial charge on any atom is -0.455 e. The van der Waals surface area contributed by atoms with Crippen LogP contribution in [0.5, 0.6) is 11.5 Å². The summed E-state index contributed by atoms with van der Waals surface area (Å²) in [5.41, 5.74) is 7.22. The molecular weight excluding hydrogens is 301 g/mol. The highest BCUT2D eigenvalue weighted by Gasteiger charge is 2.13. The molecule has 0 aromatic heterocycles. The van der Waals surface area contributed by atoms with Gasteiger partial charge in [0.05, 0.1) is 15.6 Å². The first-order valence-electron chi connectivity index (χ1n) is 5.51. The van der Waals surface area contributed by atoms with Gasteiger partial charge in [0.25, 0.3) is 0 Å². The van der Waals surface area contributed by atoms with Crippen molar-refractivity contribution in [2.75, 3.05) is 0 Å². The normalized spacial score (nSPS) is 10.3. The van der Waals surface area contributed by atoms with E-state index in [0.717, 1.165) is 5.56 Å². The van der Waals surface area contributed by atoms with E-state index in [-0.39, 0.29) is 4.99 Å². The van der Waals surface area contributed by atoms with E-state index in [1.807, 2.05) is 19.1 Å². The topological polar surface area (TPSA) is 35.2 Å². The fourth-order valence-electron chi connectivity index (χ4n) is 1.64. The molecule has 0 aliphatic heterocycles. The average molecular weight is 312 g/mol. The molecule has 2 nitrogen and oxygen atoms in total. The lowest BCUT2D eigenvalue weighted by Crippen LogP contribution is -2.11. The van der Waals surface area contributed by atoms with Crippen molar-refractivity contribution in [3.63, 3.8) is 0 Å². The number of hydrogen-bond donors (Lipinski definition) is 1. The molecule has 0 aliphatic rings. The van der Waals surface area contributed by atoms with Gasteiger partial charge in [0, 0.05) is 0 Å². The maximum absolute atomic E-state index is 6.10. The van der Waals surface area contributed by atoms with Crippen molar-refractivity contribution in [3.05, 3.63) is 57.6 Å². The van der Waals surface area contributed by atoms with Crippen molar-refractivity contribution in [2.45, 2.75) is 6.92 Å². The molecule has 5 heteroatoms. The van der Waals surface area contributed by atoms with E-state index < -0.39 is 0 Å². The van der Waals surface area contributed by atoms with Crippen LogP contribution in [-0.4, -0.2) is 4.99 Å². The Morgan fingerprint density at radius 1 is 1.11 bits per heavy atom. The second kappa shape index (κ2) is 5.78. The summed E-state index contributed by atoms with van der Waals surface area (Å²) < 4.78 is 5.78. The van der Waals surface area contributed by atoms with Crippen molar-refractivity contribution >= 4 is 40.4 Å². The van der Waals surface area contributed by atoms with Gasteiger partial charge < -0.3 is 10.5 Å². The van der Waals surface area contributed by atoms with Gasteiger partial charge in [0.1, 0.15) is 16.5 Å². The Morgan fingerprint density at radius 2 is 1.84 bits per heavy atom. The molecule has 0 atom stereocenters. The molecule has 0 radical (unpaired) electrons. The molecule has 0 heterocycles. The van der Waals surface area contributed by atoms with Crippen LogP contribution in [-0.2, 0) is 0 Å². The van der Waals surface area contributed by atoms with Gasteiger partial charge in [-0.2, -0.15) is 0 Å². The third kappa shape index (κ3) is 3.18. The summed E-state index contributed by atoms with van der Waals surface area (Å²) in [6.07, 6.45) is 0. The Labute approximate surface area is 127 Å². The molecule has 19 heavy (non-hydrogen) atoms. The predicted molar refractivity (Wildman–Crippen MR) is 83.6 cm³/mol. The minimum atomic E-state index is 0.185. The number of ether oxygens (including phenoxy) is 1. The smallest absolute Gasteiger partial charge is 0.146 e. The van der Waals surface area contributed by atoms with Crippen LogP contribution >= 0.6 is 35.4 Å². The number of thiocarbonyl (C=S) groups is 1. The van der Waals surface area contributed by atoms with Gasteiger partial charge in [-0.3, -0.25) is 0 Å². The minimum absolute atomic E-state index is 0.185. The average Bonchev–Trinajstić information content (AvgIpc) is 2.33. The molecular formula is C14H11Cl2NOS. The number of nitrogens with two attached hydrogens (primary N) is 1. The molecule has 2 N–H and O–H groups in total. The lowest BCUT2D eigenvalue weighted by atomic mass is 10.2. The first-order valence-corrected chi connectivity index (χ1v) is 6.68. The maximum Gasteiger partial charge on any atom is 0.146 e. The van der Waals surface area contributed by atoms with Gasteiger partial charge >= 0.3 is 0 Å². The highest BCUT2D eigenvalue weighted by Crippen LogP contribution is 2.34. The Hall–Kier alpha value is -1.29. The molecule has 2 aromatic rings. The summed E-state index contributed by atoms with van der Waals surface area (Å²) in [5, 5.41) is 0.966. The van der Waals surface area contributed by atoms with Gasteiger partial charge in [-0.25, -0.2) is 0 Å². The highest BCUT2D eigenvalue weighted by atomic mass is 35.5. The van der Waals surface area contributed by atoms with Crippen LogP contribution in [0.15, 0.2) is 36.4 Å². The van der Waals surface area contributed by atoms with Gasteiger partial charge in [0.2, 0.25) is 0 Å². The second-order valence-electron chi connectivity index (χ2n) is 4.01. The van der Waals surface area contributed by atoms with Gasteiger partial charge in [-0.15, -0.1) is 0 Å². The van der Waals surface area contributed by atoms with Crippen molar-refractivity contribution in [2.24, 2.45) is 5.73 Å². The zero-order chi connectivity index (χ0) is 14.0. The largest absolute Gasteiger partial charge is 0.455 e. The molecule has 0 bridgehead atoms. The lowest BCUT2D eigenvalue weighted by Gasteiger charge is -2.13. The van der Waals surface area contributed by atoms with E-state index in [0.29, 0.717) is 27.1 Å². The standard InChI is InChI=1S/C14H11Cl2NOS/c1-8-5-6-9(15)12(7-8)18-11-4-2-3-10(16)13(11)14(17)19/h2-7H,1H3,(H2,17,19). The van der Waals surface area contributed by atoms with Crippen LogP contribution in [0.4, 0.5) is 0 Å². The van der Waals surface area contributed by atoms with Gasteiger partial charge in [-0.05, 0) is 36.8 Å². The summed E-state index contributed by atoms with van der Waals surface area (Å²) in [6, 6.07) is 10.7. The number of rotatable bonds is 3. The van der Waals surface area contributed by atoms with Crippen LogP contribution in [0, 0.1) is 6.92 Å². The number of benzene rings is 2. The van der Waals surface area contributed by atoms with Gasteiger partial charge in [-0.1, -0.05) is 47.6 Å². The van der Waals surface area contributed by atoms with Crippen LogP contribution in [0.2, 0.25) is 10.0 Å². The molecule has 2 rings (SSSR count). The van der Waals surface area contributed by atoms with Crippen LogP contribution in [0.25, 0.3) is 0 Å². The Kier molecular flexibility index (Phi) is 4.30. The first kappa shape index (κ1) is 14.1. The SMILES string of the molecule is Cc1ccc(Cl)c(Oc2cccc(Cl)c2C(N)=S)c1. The summed E-state index contributed by atoms with van der Waals surface area (Å²) in [5.74, 6) is 1.04. The van der Waals surface area contributed by atoms with Crippen molar-refractivity contribution < 1.29 is 4.74 Å². The van der Waals surface area contributed by atoms with Gasteiger partial charge in [0.15, 0.2) is 0 Å². The molecule has 0 saturated carbocycles. The molecule has 0 fully saturated rings. The molecule has 0 unspecified atom stereocenters. The Bertz CT molecular complexity index is 643. The Balaban J connectivity index is 2.46. The number of halogens is 2. The molecule has 2 aromatic carbocycles. The molecule has 98 valence electrons. The zero-order valence-corrected chi connectivity index (χ0v) is 12.4. The number of aryl methyl sites for hydroxylation is 1. The fraction of sp³-hybridized carbons (Fsp3) is 0.0714. The first-order chi connectivity index (χ1) is 8.99. The van der Waals surface area contributed by atoms with Crippen LogP contribution in [0.1, 0.15) is 11.1 Å². The molecule has 0 aliphatic carbocycles. The maximum atomic E-state index is 6.10. The van der Waals surface area contributed by atoms with Crippen LogP contribution < -0.4 is 10.5 Å². The van der Waals surface area contributed by atoms with Crippen LogP contribution in [0.3, 0.4) is 0 Å². The van der Waals surface area contributed by atoms with E-state index in [1.54, 1.807) is 24.3 Å². The molecule has 0 saturated heterocycles. The second-order valence-corrected chi connectivity index (χ2v) is 5.27. The fourth-order valence-corrected chi connectivity index (χ4v) is 2.33. The quantitative estimate of drug-likeness (QED) is 0.832. The van der Waals surface area contributed by atoms with E-state index in [1.165, 1.54) is 0 Å². The third-order valence-electron chi connectivity index (χ3n) is 2.53. The summed E-state index contributed by atoms with van der Waals surface area (Å²) in [4.78, 5) is 0.185. The van der Waals surface area contributed by atoms with E-state index >= 15 is 0 Å².